The molecule has 2 N–H and O–H groups in total. The predicted molar refractivity (Wildman–Crippen MR) is 146 cm³/mol. The molecular formula is C30H53N3O3. The lowest BCUT2D eigenvalue weighted by Crippen LogP contribution is -2.54. The molecule has 8 atom stereocenters. The quantitative estimate of drug-likeness (QED) is 0.245. The van der Waals surface area contributed by atoms with Crippen LogP contribution in [0.1, 0.15) is 106 Å². The molecule has 0 bridgehead atoms. The summed E-state index contributed by atoms with van der Waals surface area (Å²) < 4.78 is 0. The number of carbonyl (C=O) groups is 1. The van der Waals surface area contributed by atoms with Crippen LogP contribution in [-0.2, 0) is 4.84 Å². The first-order chi connectivity index (χ1) is 17.0. The van der Waals surface area contributed by atoms with Crippen molar-refractivity contribution < 1.29 is 14.7 Å². The molecule has 4 rings (SSSR count). The summed E-state index contributed by atoms with van der Waals surface area (Å²) in [7, 11) is 0. The van der Waals surface area contributed by atoms with Gasteiger partial charge in [0.15, 0.2) is 0 Å². The first-order valence-corrected chi connectivity index (χ1v) is 14.9. The number of hydrogen-bond acceptors (Lipinski definition) is 5. The number of hydrogen-bond donors (Lipinski definition) is 2. The van der Waals surface area contributed by atoms with E-state index in [-0.39, 0.29) is 23.7 Å². The standard InChI is InChI=1S/C30H53N3O3/c1-19(2)31-16-17-33(20(3)4)28(35)36-32-21(5)25-10-11-26-24-9-8-22-18-23(34)12-14-29(22,6)27(24)13-15-30(25,26)7/h19-20,22-27,31,34H,8-18H2,1-7H3/b32-21+/t22-,23+,24-,25+,26-,27-,29-,30+/m0/s1. The summed E-state index contributed by atoms with van der Waals surface area (Å²) in [5, 5.41) is 18.1. The Bertz CT molecular complexity index is 813. The number of nitrogens with zero attached hydrogens (tertiary/aromatic N) is 2. The van der Waals surface area contributed by atoms with Crippen molar-refractivity contribution in [1.29, 1.82) is 0 Å². The molecule has 0 spiro atoms. The Morgan fingerprint density at radius 2 is 1.72 bits per heavy atom. The summed E-state index contributed by atoms with van der Waals surface area (Å²) in [4.78, 5) is 20.2. The topological polar surface area (TPSA) is 74.2 Å². The van der Waals surface area contributed by atoms with Gasteiger partial charge in [-0.05, 0) is 113 Å². The molecule has 0 saturated heterocycles. The molecule has 0 unspecified atom stereocenters. The van der Waals surface area contributed by atoms with E-state index < -0.39 is 0 Å². The molecule has 4 fully saturated rings. The summed E-state index contributed by atoms with van der Waals surface area (Å²) in [6.45, 7) is 16.8. The zero-order valence-electron chi connectivity index (χ0n) is 24.1. The maximum absolute atomic E-state index is 12.9. The van der Waals surface area contributed by atoms with Crippen molar-refractivity contribution in [3.8, 4) is 0 Å². The molecule has 206 valence electrons. The van der Waals surface area contributed by atoms with Crippen molar-refractivity contribution in [3.05, 3.63) is 0 Å². The van der Waals surface area contributed by atoms with Crippen LogP contribution in [-0.4, -0.2) is 53.1 Å². The lowest BCUT2D eigenvalue weighted by molar-refractivity contribution is -0.123. The van der Waals surface area contributed by atoms with Gasteiger partial charge < -0.3 is 15.3 Å². The van der Waals surface area contributed by atoms with E-state index in [9.17, 15) is 9.90 Å². The number of aliphatic hydroxyl groups is 1. The average molecular weight is 504 g/mol. The average Bonchev–Trinajstić information content (AvgIpc) is 3.17. The Balaban J connectivity index is 1.41. The van der Waals surface area contributed by atoms with E-state index in [1.165, 1.54) is 38.5 Å². The minimum Gasteiger partial charge on any atom is -0.393 e. The number of aliphatic hydroxyl groups excluding tert-OH is 1. The molecule has 4 aliphatic rings. The smallest absolute Gasteiger partial charge is 0.393 e. The van der Waals surface area contributed by atoms with Crippen molar-refractivity contribution >= 4 is 11.8 Å². The molecule has 0 radical (unpaired) electrons. The number of oxime groups is 1. The Kier molecular flexibility index (Phi) is 8.46. The predicted octanol–water partition coefficient (Wildman–Crippen LogP) is 6.23. The minimum atomic E-state index is -0.343. The fourth-order valence-corrected chi connectivity index (χ4v) is 9.18. The first-order valence-electron chi connectivity index (χ1n) is 14.9. The lowest BCUT2D eigenvalue weighted by atomic mass is 9.44. The maximum Gasteiger partial charge on any atom is 0.436 e. The number of amides is 1. The largest absolute Gasteiger partial charge is 0.436 e. The normalized spacial score (nSPS) is 40.6. The first kappa shape index (κ1) is 27.9. The van der Waals surface area contributed by atoms with E-state index in [4.69, 9.17) is 4.84 Å². The molecule has 0 aliphatic heterocycles. The zero-order chi connectivity index (χ0) is 26.3. The lowest BCUT2D eigenvalue weighted by Gasteiger charge is -2.61. The third kappa shape index (κ3) is 5.23. The molecule has 36 heavy (non-hydrogen) atoms. The van der Waals surface area contributed by atoms with Gasteiger partial charge in [-0.2, -0.15) is 0 Å². The molecule has 1 amide bonds. The van der Waals surface area contributed by atoms with Crippen LogP contribution in [0.2, 0.25) is 0 Å². The van der Waals surface area contributed by atoms with Gasteiger partial charge >= 0.3 is 6.09 Å². The maximum atomic E-state index is 12.9. The zero-order valence-corrected chi connectivity index (χ0v) is 24.1. The molecule has 0 aromatic rings. The van der Waals surface area contributed by atoms with Crippen LogP contribution in [0.5, 0.6) is 0 Å². The van der Waals surface area contributed by atoms with Gasteiger partial charge in [0.25, 0.3) is 0 Å². The summed E-state index contributed by atoms with van der Waals surface area (Å²) >= 11 is 0. The van der Waals surface area contributed by atoms with Crippen molar-refractivity contribution in [2.45, 2.75) is 124 Å². The van der Waals surface area contributed by atoms with Gasteiger partial charge in [-0.1, -0.05) is 32.9 Å². The van der Waals surface area contributed by atoms with E-state index in [0.29, 0.717) is 29.8 Å². The van der Waals surface area contributed by atoms with Gasteiger partial charge in [-0.25, -0.2) is 4.79 Å². The van der Waals surface area contributed by atoms with Crippen LogP contribution in [0.3, 0.4) is 0 Å². The monoisotopic (exact) mass is 503 g/mol. The highest BCUT2D eigenvalue weighted by Crippen LogP contribution is 2.67. The number of nitrogens with one attached hydrogen (secondary N) is 1. The second-order valence-electron chi connectivity index (χ2n) is 13.7. The molecule has 6 heteroatoms. The summed E-state index contributed by atoms with van der Waals surface area (Å²) in [5.41, 5.74) is 1.65. The SMILES string of the molecule is C/C(=N\OC(=O)N(CCNC(C)C)C(C)C)[C@H]1CC[C@H]2[C@@H]3CC[C@H]4C[C@H](O)CC[C@]4(C)[C@H]3CC[C@]12C. The molecule has 6 nitrogen and oxygen atoms in total. The van der Waals surface area contributed by atoms with Gasteiger partial charge in [0, 0.05) is 31.1 Å². The number of rotatable bonds is 7. The van der Waals surface area contributed by atoms with Gasteiger partial charge in [-0.15, -0.1) is 0 Å². The molecular weight excluding hydrogens is 450 g/mol. The van der Waals surface area contributed by atoms with Crippen LogP contribution < -0.4 is 5.32 Å². The molecule has 0 heterocycles. The Hall–Kier alpha value is -1.14. The van der Waals surface area contributed by atoms with Gasteiger partial charge in [0.05, 0.1) is 11.8 Å². The fourth-order valence-electron chi connectivity index (χ4n) is 9.18. The Morgan fingerprint density at radius 3 is 2.42 bits per heavy atom. The van der Waals surface area contributed by atoms with E-state index >= 15 is 0 Å². The molecule has 0 aromatic heterocycles. The van der Waals surface area contributed by atoms with Crippen LogP contribution >= 0.6 is 0 Å². The highest BCUT2D eigenvalue weighted by Gasteiger charge is 2.60. The van der Waals surface area contributed by atoms with Crippen molar-refractivity contribution in [3.63, 3.8) is 0 Å². The van der Waals surface area contributed by atoms with Gasteiger partial charge in [0.2, 0.25) is 0 Å². The second-order valence-corrected chi connectivity index (χ2v) is 13.7. The summed E-state index contributed by atoms with van der Waals surface area (Å²) in [5.74, 6) is 3.43. The van der Waals surface area contributed by atoms with Crippen LogP contribution in [0.15, 0.2) is 5.16 Å². The third-order valence-corrected chi connectivity index (χ3v) is 11.2. The second kappa shape index (κ2) is 10.9. The minimum absolute atomic E-state index is 0.0722. The fraction of sp³-hybridized carbons (Fsp3) is 0.933. The third-order valence-electron chi connectivity index (χ3n) is 11.2. The van der Waals surface area contributed by atoms with Gasteiger partial charge in [-0.3, -0.25) is 4.84 Å². The highest BCUT2D eigenvalue weighted by molar-refractivity contribution is 5.85. The van der Waals surface area contributed by atoms with Crippen LogP contribution in [0.25, 0.3) is 0 Å². The summed E-state index contributed by atoms with van der Waals surface area (Å²) in [6.07, 6.45) is 10.4. The van der Waals surface area contributed by atoms with E-state index in [0.717, 1.165) is 49.3 Å². The summed E-state index contributed by atoms with van der Waals surface area (Å²) in [6, 6.07) is 0.465. The van der Waals surface area contributed by atoms with Crippen molar-refractivity contribution in [1.82, 2.24) is 10.2 Å². The van der Waals surface area contributed by atoms with Gasteiger partial charge in [0.1, 0.15) is 0 Å². The number of fused-ring (bicyclic) bond motifs is 5. The van der Waals surface area contributed by atoms with E-state index in [1.807, 2.05) is 13.8 Å². The van der Waals surface area contributed by atoms with E-state index in [1.54, 1.807) is 4.90 Å². The highest BCUT2D eigenvalue weighted by atomic mass is 16.7. The van der Waals surface area contributed by atoms with Crippen molar-refractivity contribution in [2.24, 2.45) is 45.6 Å². The Morgan fingerprint density at radius 1 is 1.03 bits per heavy atom. The van der Waals surface area contributed by atoms with E-state index in [2.05, 4.69) is 45.1 Å². The van der Waals surface area contributed by atoms with Crippen LogP contribution in [0.4, 0.5) is 4.79 Å². The molecule has 0 aromatic carbocycles. The molecule has 4 aliphatic carbocycles. The number of carbonyl (C=O) groups excluding carboxylic acids is 1. The van der Waals surface area contributed by atoms with Crippen LogP contribution in [0, 0.1) is 40.4 Å². The Labute approximate surface area is 220 Å². The van der Waals surface area contributed by atoms with Crippen molar-refractivity contribution in [2.75, 3.05) is 13.1 Å². The molecule has 4 saturated carbocycles.